The second-order valence-corrected chi connectivity index (χ2v) is 4.85. The molecule has 0 unspecified atom stereocenters. The van der Waals surface area contributed by atoms with Gasteiger partial charge in [0.2, 0.25) is 5.91 Å². The third-order valence-electron chi connectivity index (χ3n) is 2.45. The van der Waals surface area contributed by atoms with E-state index >= 15 is 0 Å². The van der Waals surface area contributed by atoms with Crippen molar-refractivity contribution in [3.8, 4) is 6.07 Å². The first kappa shape index (κ1) is 13.8. The first-order valence-electron chi connectivity index (χ1n) is 5.81. The van der Waals surface area contributed by atoms with Crippen LogP contribution in [0.2, 0.25) is 0 Å². The van der Waals surface area contributed by atoms with Gasteiger partial charge < -0.3 is 10.6 Å². The molecule has 100 valence electrons. The van der Waals surface area contributed by atoms with E-state index in [9.17, 15) is 9.59 Å². The SMILES string of the molecule is N#Cc1ccc(NC(=O)CNC(=O)c2cccs2)cc1. The van der Waals surface area contributed by atoms with Crippen LogP contribution in [0.1, 0.15) is 15.2 Å². The maximum Gasteiger partial charge on any atom is 0.261 e. The average molecular weight is 285 g/mol. The molecule has 0 spiro atoms. The second kappa shape index (κ2) is 6.50. The first-order valence-corrected chi connectivity index (χ1v) is 6.69. The van der Waals surface area contributed by atoms with Crippen LogP contribution >= 0.6 is 11.3 Å². The Hall–Kier alpha value is -2.65. The Morgan fingerprint density at radius 1 is 1.20 bits per heavy atom. The van der Waals surface area contributed by atoms with Gasteiger partial charge in [0.05, 0.1) is 23.1 Å². The molecule has 0 aliphatic carbocycles. The van der Waals surface area contributed by atoms with Crippen molar-refractivity contribution in [2.24, 2.45) is 0 Å². The van der Waals surface area contributed by atoms with Gasteiger partial charge in [0.1, 0.15) is 0 Å². The van der Waals surface area contributed by atoms with Gasteiger partial charge >= 0.3 is 0 Å². The van der Waals surface area contributed by atoms with Crippen molar-refractivity contribution in [1.82, 2.24) is 5.32 Å². The largest absolute Gasteiger partial charge is 0.342 e. The summed E-state index contributed by atoms with van der Waals surface area (Å²) in [6, 6.07) is 12.0. The van der Waals surface area contributed by atoms with Gasteiger partial charge in [-0.2, -0.15) is 5.26 Å². The van der Waals surface area contributed by atoms with E-state index in [-0.39, 0.29) is 18.4 Å². The van der Waals surface area contributed by atoms with E-state index in [1.165, 1.54) is 11.3 Å². The molecular formula is C14H11N3O2S. The van der Waals surface area contributed by atoms with Crippen LogP contribution in [-0.4, -0.2) is 18.4 Å². The van der Waals surface area contributed by atoms with Crippen LogP contribution in [-0.2, 0) is 4.79 Å². The molecule has 20 heavy (non-hydrogen) atoms. The third kappa shape index (κ3) is 3.67. The minimum absolute atomic E-state index is 0.100. The molecule has 0 aliphatic rings. The summed E-state index contributed by atoms with van der Waals surface area (Å²) in [6.07, 6.45) is 0. The highest BCUT2D eigenvalue weighted by Gasteiger charge is 2.08. The zero-order chi connectivity index (χ0) is 14.4. The summed E-state index contributed by atoms with van der Waals surface area (Å²) in [6.45, 7) is -0.100. The molecule has 2 amide bonds. The Balaban J connectivity index is 1.83. The van der Waals surface area contributed by atoms with E-state index in [2.05, 4.69) is 10.6 Å². The Kier molecular flexibility index (Phi) is 4.47. The Morgan fingerprint density at radius 2 is 1.95 bits per heavy atom. The van der Waals surface area contributed by atoms with Crippen molar-refractivity contribution in [3.05, 3.63) is 52.2 Å². The first-order chi connectivity index (χ1) is 9.69. The van der Waals surface area contributed by atoms with Gasteiger partial charge in [-0.1, -0.05) is 6.07 Å². The number of nitriles is 1. The number of anilines is 1. The molecule has 6 heteroatoms. The summed E-state index contributed by atoms with van der Waals surface area (Å²) >= 11 is 1.32. The number of nitrogens with zero attached hydrogens (tertiary/aromatic N) is 1. The number of nitrogens with one attached hydrogen (secondary N) is 2. The number of rotatable bonds is 4. The summed E-state index contributed by atoms with van der Waals surface area (Å²) in [5, 5.41) is 15.6. The number of hydrogen-bond acceptors (Lipinski definition) is 4. The zero-order valence-electron chi connectivity index (χ0n) is 10.4. The topological polar surface area (TPSA) is 82.0 Å². The fraction of sp³-hybridized carbons (Fsp3) is 0.0714. The molecule has 5 nitrogen and oxygen atoms in total. The van der Waals surface area contributed by atoms with Gasteiger partial charge in [0, 0.05) is 5.69 Å². The van der Waals surface area contributed by atoms with Gasteiger partial charge in [0.15, 0.2) is 0 Å². The average Bonchev–Trinajstić information content (AvgIpc) is 3.00. The standard InChI is InChI=1S/C14H11N3O2S/c15-8-10-3-5-11(6-4-10)17-13(18)9-16-14(19)12-2-1-7-20-12/h1-7H,9H2,(H,16,19)(H,17,18). The molecule has 0 aliphatic heterocycles. The van der Waals surface area contributed by atoms with Gasteiger partial charge in [0.25, 0.3) is 5.91 Å². The fourth-order valence-corrected chi connectivity index (χ4v) is 2.13. The quantitative estimate of drug-likeness (QED) is 0.901. The van der Waals surface area contributed by atoms with Crippen LogP contribution in [0.25, 0.3) is 0 Å². The molecule has 0 fully saturated rings. The number of amides is 2. The van der Waals surface area contributed by atoms with E-state index in [0.29, 0.717) is 16.1 Å². The van der Waals surface area contributed by atoms with Crippen LogP contribution in [0.3, 0.4) is 0 Å². The zero-order valence-corrected chi connectivity index (χ0v) is 11.2. The predicted octanol–water partition coefficient (Wildman–Crippen LogP) is 1.99. The van der Waals surface area contributed by atoms with E-state index in [1.54, 1.807) is 41.8 Å². The molecule has 1 aromatic heterocycles. The lowest BCUT2D eigenvalue weighted by molar-refractivity contribution is -0.115. The van der Waals surface area contributed by atoms with Crippen molar-refractivity contribution >= 4 is 28.8 Å². The molecule has 2 aromatic rings. The summed E-state index contributed by atoms with van der Waals surface area (Å²) in [5.41, 5.74) is 1.10. The number of carbonyl (C=O) groups is 2. The van der Waals surface area contributed by atoms with Crippen LogP contribution < -0.4 is 10.6 Å². The molecule has 0 bridgehead atoms. The number of hydrogen-bond donors (Lipinski definition) is 2. The van der Waals surface area contributed by atoms with Crippen molar-refractivity contribution in [1.29, 1.82) is 5.26 Å². The normalized spacial score (nSPS) is 9.55. The number of benzene rings is 1. The Bertz CT molecular complexity index is 642. The van der Waals surface area contributed by atoms with Crippen LogP contribution in [0.4, 0.5) is 5.69 Å². The van der Waals surface area contributed by atoms with Gasteiger partial charge in [-0.25, -0.2) is 0 Å². The van der Waals surface area contributed by atoms with Crippen LogP contribution in [0.5, 0.6) is 0 Å². The maximum absolute atomic E-state index is 11.7. The van der Waals surface area contributed by atoms with E-state index in [0.717, 1.165) is 0 Å². The molecule has 0 saturated carbocycles. The molecule has 1 heterocycles. The van der Waals surface area contributed by atoms with E-state index in [1.807, 2.05) is 6.07 Å². The molecule has 0 saturated heterocycles. The molecule has 2 N–H and O–H groups in total. The third-order valence-corrected chi connectivity index (χ3v) is 3.32. The summed E-state index contributed by atoms with van der Waals surface area (Å²) in [5.74, 6) is -0.588. The van der Waals surface area contributed by atoms with Gasteiger partial charge in [-0.3, -0.25) is 9.59 Å². The Morgan fingerprint density at radius 3 is 2.55 bits per heavy atom. The van der Waals surface area contributed by atoms with Crippen LogP contribution in [0.15, 0.2) is 41.8 Å². The summed E-state index contributed by atoms with van der Waals surface area (Å²) in [4.78, 5) is 23.8. The van der Waals surface area contributed by atoms with Crippen molar-refractivity contribution in [3.63, 3.8) is 0 Å². The van der Waals surface area contributed by atoms with Gasteiger partial charge in [-0.15, -0.1) is 11.3 Å². The van der Waals surface area contributed by atoms with Crippen molar-refractivity contribution in [2.45, 2.75) is 0 Å². The smallest absolute Gasteiger partial charge is 0.261 e. The number of carbonyl (C=O) groups excluding carboxylic acids is 2. The highest BCUT2D eigenvalue weighted by Crippen LogP contribution is 2.09. The minimum Gasteiger partial charge on any atom is -0.342 e. The molecular weight excluding hydrogens is 274 g/mol. The predicted molar refractivity (Wildman–Crippen MR) is 76.4 cm³/mol. The maximum atomic E-state index is 11.7. The van der Waals surface area contributed by atoms with Crippen LogP contribution in [0, 0.1) is 11.3 Å². The van der Waals surface area contributed by atoms with E-state index < -0.39 is 0 Å². The van der Waals surface area contributed by atoms with Gasteiger partial charge in [-0.05, 0) is 35.7 Å². The van der Waals surface area contributed by atoms with E-state index in [4.69, 9.17) is 5.26 Å². The molecule has 1 aromatic carbocycles. The lowest BCUT2D eigenvalue weighted by Gasteiger charge is -2.06. The minimum atomic E-state index is -0.320. The highest BCUT2D eigenvalue weighted by molar-refractivity contribution is 7.12. The van der Waals surface area contributed by atoms with Crippen molar-refractivity contribution in [2.75, 3.05) is 11.9 Å². The number of thiophene rings is 1. The molecule has 0 radical (unpaired) electrons. The Labute approximate surface area is 119 Å². The lowest BCUT2D eigenvalue weighted by Crippen LogP contribution is -2.32. The molecule has 2 rings (SSSR count). The van der Waals surface area contributed by atoms with Crippen molar-refractivity contribution < 1.29 is 9.59 Å². The summed E-state index contributed by atoms with van der Waals surface area (Å²) in [7, 11) is 0. The summed E-state index contributed by atoms with van der Waals surface area (Å²) < 4.78 is 0. The lowest BCUT2D eigenvalue weighted by atomic mass is 10.2. The molecule has 0 atom stereocenters. The highest BCUT2D eigenvalue weighted by atomic mass is 32.1. The second-order valence-electron chi connectivity index (χ2n) is 3.90. The fourth-order valence-electron chi connectivity index (χ4n) is 1.49. The monoisotopic (exact) mass is 285 g/mol.